The molecule has 0 aliphatic carbocycles. The molecule has 1 saturated heterocycles. The van der Waals surface area contributed by atoms with Crippen molar-refractivity contribution in [2.45, 2.75) is 26.3 Å². The average Bonchev–Trinajstić information content (AvgIpc) is 2.78. The van der Waals surface area contributed by atoms with Gasteiger partial charge in [-0.1, -0.05) is 12.1 Å². The summed E-state index contributed by atoms with van der Waals surface area (Å²) in [5.74, 6) is 0.482. The third-order valence-corrected chi connectivity index (χ3v) is 4.11. The number of ether oxygens (including phenoxy) is 1. The van der Waals surface area contributed by atoms with E-state index in [9.17, 15) is 14.4 Å². The van der Waals surface area contributed by atoms with Crippen LogP contribution in [0.3, 0.4) is 0 Å². The maximum atomic E-state index is 12.2. The van der Waals surface area contributed by atoms with Gasteiger partial charge in [-0.05, 0) is 62.7 Å². The van der Waals surface area contributed by atoms with Crippen molar-refractivity contribution in [1.82, 2.24) is 10.2 Å². The summed E-state index contributed by atoms with van der Waals surface area (Å²) in [6, 6.07) is 14.0. The Balaban J connectivity index is 1.59. The minimum Gasteiger partial charge on any atom is -0.457 e. The number of urea groups is 1. The third kappa shape index (κ3) is 4.25. The summed E-state index contributed by atoms with van der Waals surface area (Å²) in [7, 11) is 0. The molecule has 0 aromatic heterocycles. The minimum atomic E-state index is -0.994. The highest BCUT2D eigenvalue weighted by Gasteiger charge is 2.44. The van der Waals surface area contributed by atoms with Crippen LogP contribution in [0.1, 0.15) is 19.4 Å². The Bertz CT molecular complexity index is 890. The van der Waals surface area contributed by atoms with E-state index in [0.717, 1.165) is 16.2 Å². The molecule has 7 heteroatoms. The van der Waals surface area contributed by atoms with Crippen molar-refractivity contribution in [1.29, 1.82) is 0 Å². The van der Waals surface area contributed by atoms with Gasteiger partial charge in [0.1, 0.15) is 23.6 Å². The molecule has 1 aliphatic rings. The Labute approximate surface area is 157 Å². The summed E-state index contributed by atoms with van der Waals surface area (Å²) in [5.41, 5.74) is 0.648. The second-order valence-electron chi connectivity index (χ2n) is 6.94. The number of rotatable bonds is 5. The van der Waals surface area contributed by atoms with Crippen LogP contribution in [0.15, 0.2) is 48.5 Å². The van der Waals surface area contributed by atoms with E-state index in [2.05, 4.69) is 10.6 Å². The lowest BCUT2D eigenvalue weighted by molar-refractivity contribution is -0.132. The average molecular weight is 367 g/mol. The summed E-state index contributed by atoms with van der Waals surface area (Å²) in [6.07, 6.45) is 0. The fraction of sp³-hybridized carbons (Fsp3) is 0.250. The maximum Gasteiger partial charge on any atom is 0.325 e. The zero-order chi connectivity index (χ0) is 19.6. The lowest BCUT2D eigenvalue weighted by Gasteiger charge is -2.15. The molecule has 7 nitrogen and oxygen atoms in total. The van der Waals surface area contributed by atoms with Gasteiger partial charge in [0.25, 0.3) is 5.91 Å². The molecule has 4 amide bonds. The van der Waals surface area contributed by atoms with E-state index in [1.54, 1.807) is 38.1 Å². The topological polar surface area (TPSA) is 87.7 Å². The molecule has 2 aromatic rings. The number of carbonyl (C=O) groups excluding carboxylic acids is 3. The Kier molecular flexibility index (Phi) is 4.85. The molecule has 27 heavy (non-hydrogen) atoms. The second kappa shape index (κ2) is 7.11. The number of imide groups is 1. The van der Waals surface area contributed by atoms with Gasteiger partial charge >= 0.3 is 6.03 Å². The molecule has 1 aliphatic heterocycles. The van der Waals surface area contributed by atoms with Gasteiger partial charge in [0, 0.05) is 5.69 Å². The van der Waals surface area contributed by atoms with E-state index < -0.39 is 23.4 Å². The van der Waals surface area contributed by atoms with Gasteiger partial charge in [0.2, 0.25) is 5.91 Å². The molecule has 0 bridgehead atoms. The van der Waals surface area contributed by atoms with E-state index in [1.165, 1.54) is 0 Å². The summed E-state index contributed by atoms with van der Waals surface area (Å²) >= 11 is 0. The van der Waals surface area contributed by atoms with E-state index in [1.807, 2.05) is 31.2 Å². The van der Waals surface area contributed by atoms with Crippen LogP contribution in [-0.2, 0) is 9.59 Å². The Hall–Kier alpha value is -3.35. The van der Waals surface area contributed by atoms with Crippen LogP contribution in [0.2, 0.25) is 0 Å². The van der Waals surface area contributed by atoms with Gasteiger partial charge in [-0.25, -0.2) is 4.79 Å². The van der Waals surface area contributed by atoms with E-state index in [4.69, 9.17) is 4.74 Å². The molecule has 1 fully saturated rings. The Morgan fingerprint density at radius 2 is 1.81 bits per heavy atom. The normalized spacial score (nSPS) is 15.4. The summed E-state index contributed by atoms with van der Waals surface area (Å²) in [5, 5.41) is 5.21. The molecule has 0 saturated carbocycles. The van der Waals surface area contributed by atoms with Crippen molar-refractivity contribution in [3.8, 4) is 11.5 Å². The van der Waals surface area contributed by atoms with E-state index in [-0.39, 0.29) is 6.54 Å². The van der Waals surface area contributed by atoms with E-state index in [0.29, 0.717) is 11.4 Å². The maximum absolute atomic E-state index is 12.2. The quantitative estimate of drug-likeness (QED) is 0.795. The number of anilines is 1. The number of nitrogens with zero attached hydrogens (tertiary/aromatic N) is 1. The Morgan fingerprint density at radius 3 is 2.41 bits per heavy atom. The van der Waals surface area contributed by atoms with Crippen LogP contribution in [0.4, 0.5) is 10.5 Å². The zero-order valence-corrected chi connectivity index (χ0v) is 15.4. The first-order chi connectivity index (χ1) is 12.7. The third-order valence-electron chi connectivity index (χ3n) is 4.11. The molecule has 0 radical (unpaired) electrons. The SMILES string of the molecule is Cc1cccc(Oc2ccc(NC(=O)CN3C(=O)NC(C)(C)C3=O)cc2)c1. The number of aryl methyl sites for hydroxylation is 1. The standard InChI is InChI=1S/C20H21N3O4/c1-13-5-4-6-16(11-13)27-15-9-7-14(8-10-15)21-17(24)12-23-18(25)20(2,3)22-19(23)26/h4-11H,12H2,1-3H3,(H,21,24)(H,22,26). The molecular formula is C20H21N3O4. The van der Waals surface area contributed by atoms with Crippen molar-refractivity contribution in [3.63, 3.8) is 0 Å². The van der Waals surface area contributed by atoms with Crippen molar-refractivity contribution in [3.05, 3.63) is 54.1 Å². The predicted molar refractivity (Wildman–Crippen MR) is 101 cm³/mol. The first kappa shape index (κ1) is 18.4. The fourth-order valence-corrected chi connectivity index (χ4v) is 2.73. The first-order valence-corrected chi connectivity index (χ1v) is 8.53. The van der Waals surface area contributed by atoms with Gasteiger partial charge in [0.15, 0.2) is 0 Å². The van der Waals surface area contributed by atoms with Crippen LogP contribution in [-0.4, -0.2) is 34.8 Å². The molecule has 0 atom stereocenters. The molecule has 3 rings (SSSR count). The lowest BCUT2D eigenvalue weighted by Crippen LogP contribution is -2.41. The van der Waals surface area contributed by atoms with Crippen LogP contribution >= 0.6 is 0 Å². The number of hydrogen-bond acceptors (Lipinski definition) is 4. The minimum absolute atomic E-state index is 0.338. The number of hydrogen-bond donors (Lipinski definition) is 2. The monoisotopic (exact) mass is 367 g/mol. The molecule has 2 aromatic carbocycles. The summed E-state index contributed by atoms with van der Waals surface area (Å²) in [4.78, 5) is 37.0. The molecule has 0 spiro atoms. The fourth-order valence-electron chi connectivity index (χ4n) is 2.73. The molecular weight excluding hydrogens is 346 g/mol. The molecule has 2 N–H and O–H groups in total. The van der Waals surface area contributed by atoms with Gasteiger partial charge in [0.05, 0.1) is 0 Å². The summed E-state index contributed by atoms with van der Waals surface area (Å²) < 4.78 is 5.76. The largest absolute Gasteiger partial charge is 0.457 e. The van der Waals surface area contributed by atoms with Gasteiger partial charge in [-0.2, -0.15) is 0 Å². The molecule has 0 unspecified atom stereocenters. The highest BCUT2D eigenvalue weighted by molar-refractivity contribution is 6.09. The molecule has 1 heterocycles. The van der Waals surface area contributed by atoms with E-state index >= 15 is 0 Å². The van der Waals surface area contributed by atoms with Crippen molar-refractivity contribution < 1.29 is 19.1 Å². The van der Waals surface area contributed by atoms with Crippen LogP contribution in [0, 0.1) is 6.92 Å². The summed E-state index contributed by atoms with van der Waals surface area (Å²) in [6.45, 7) is 4.84. The molecule has 140 valence electrons. The second-order valence-corrected chi connectivity index (χ2v) is 6.94. The number of carbonyl (C=O) groups is 3. The predicted octanol–water partition coefficient (Wildman–Crippen LogP) is 3.06. The van der Waals surface area contributed by atoms with Crippen molar-refractivity contribution >= 4 is 23.5 Å². The van der Waals surface area contributed by atoms with Crippen molar-refractivity contribution in [2.24, 2.45) is 0 Å². The Morgan fingerprint density at radius 1 is 1.11 bits per heavy atom. The highest BCUT2D eigenvalue weighted by atomic mass is 16.5. The lowest BCUT2D eigenvalue weighted by atomic mass is 10.1. The van der Waals surface area contributed by atoms with Crippen LogP contribution in [0.5, 0.6) is 11.5 Å². The van der Waals surface area contributed by atoms with Crippen molar-refractivity contribution in [2.75, 3.05) is 11.9 Å². The number of nitrogens with one attached hydrogen (secondary N) is 2. The van der Waals surface area contributed by atoms with Gasteiger partial charge < -0.3 is 15.4 Å². The number of benzene rings is 2. The van der Waals surface area contributed by atoms with Crippen LogP contribution in [0.25, 0.3) is 0 Å². The first-order valence-electron chi connectivity index (χ1n) is 8.53. The van der Waals surface area contributed by atoms with Gasteiger partial charge in [-0.3, -0.25) is 14.5 Å². The zero-order valence-electron chi connectivity index (χ0n) is 15.4. The van der Waals surface area contributed by atoms with Gasteiger partial charge in [-0.15, -0.1) is 0 Å². The highest BCUT2D eigenvalue weighted by Crippen LogP contribution is 2.24. The smallest absolute Gasteiger partial charge is 0.325 e. The van der Waals surface area contributed by atoms with Crippen LogP contribution < -0.4 is 15.4 Å². The number of amides is 4.